The minimum Gasteiger partial charge on any atom is -0.0651 e. The molecule has 0 heterocycles. The topological polar surface area (TPSA) is 0 Å². The maximum absolute atomic E-state index is 2.23. The van der Waals surface area contributed by atoms with Crippen molar-refractivity contribution in [2.45, 2.75) is 33.6 Å². The fourth-order valence-corrected chi connectivity index (χ4v) is 1.32. The van der Waals surface area contributed by atoms with Crippen LogP contribution in [0.3, 0.4) is 0 Å². The van der Waals surface area contributed by atoms with Gasteiger partial charge in [-0.05, 0) is 37.0 Å². The van der Waals surface area contributed by atoms with Gasteiger partial charge in [0.25, 0.3) is 0 Å². The Morgan fingerprint density at radius 2 is 1.69 bits per heavy atom. The molecule has 0 N–H and O–H groups in total. The highest BCUT2D eigenvalue weighted by molar-refractivity contribution is 5.39. The highest BCUT2D eigenvalue weighted by atomic mass is 14.0. The second-order valence-corrected chi connectivity index (χ2v) is 3.55. The van der Waals surface area contributed by atoms with Crippen molar-refractivity contribution in [1.29, 1.82) is 0 Å². The van der Waals surface area contributed by atoms with Gasteiger partial charge in [-0.3, -0.25) is 0 Å². The van der Waals surface area contributed by atoms with Crippen molar-refractivity contribution in [3.05, 3.63) is 47.1 Å². The quantitative estimate of drug-likeness (QED) is 0.589. The average Bonchev–Trinajstić information content (AvgIpc) is 2.11. The maximum Gasteiger partial charge on any atom is -0.0281 e. The first kappa shape index (κ1) is 10.0. The molecule has 0 heteroatoms. The van der Waals surface area contributed by atoms with E-state index < -0.39 is 0 Å². The molecule has 70 valence electrons. The second-order valence-electron chi connectivity index (χ2n) is 3.55. The van der Waals surface area contributed by atoms with Crippen LogP contribution < -0.4 is 0 Å². The van der Waals surface area contributed by atoms with Gasteiger partial charge in [0.15, 0.2) is 0 Å². The molecule has 0 amide bonds. The molecule has 0 saturated carbocycles. The van der Waals surface area contributed by atoms with Crippen LogP contribution in [0, 0.1) is 0 Å². The lowest BCUT2D eigenvalue weighted by atomic mass is 10.0. The molecule has 0 nitrogen and oxygen atoms in total. The normalized spacial score (nSPS) is 17.0. The van der Waals surface area contributed by atoms with Crippen LogP contribution in [0.5, 0.6) is 0 Å². The van der Waals surface area contributed by atoms with Crippen LogP contribution in [-0.4, -0.2) is 0 Å². The molecular formula is C13H18. The van der Waals surface area contributed by atoms with Gasteiger partial charge in [-0.25, -0.2) is 0 Å². The van der Waals surface area contributed by atoms with Crippen molar-refractivity contribution in [2.75, 3.05) is 0 Å². The van der Waals surface area contributed by atoms with Crippen molar-refractivity contribution in [3.8, 4) is 0 Å². The van der Waals surface area contributed by atoms with E-state index in [9.17, 15) is 0 Å². The third kappa shape index (κ3) is 3.06. The van der Waals surface area contributed by atoms with Gasteiger partial charge in [-0.2, -0.15) is 0 Å². The monoisotopic (exact) mass is 174 g/mol. The van der Waals surface area contributed by atoms with Crippen LogP contribution >= 0.6 is 0 Å². The lowest BCUT2D eigenvalue weighted by Crippen LogP contribution is -1.83. The predicted octanol–water partition coefficient (Wildman–Crippen LogP) is 4.18. The molecule has 0 unspecified atom stereocenters. The Bertz CT molecular complexity index is 285. The zero-order chi connectivity index (χ0) is 9.68. The van der Waals surface area contributed by atoms with Crippen LogP contribution in [0.1, 0.15) is 33.6 Å². The number of rotatable bonds is 2. The molecule has 0 atom stereocenters. The first-order valence-corrected chi connectivity index (χ1v) is 4.97. The Morgan fingerprint density at radius 1 is 1.00 bits per heavy atom. The van der Waals surface area contributed by atoms with Crippen LogP contribution in [-0.2, 0) is 0 Å². The molecule has 0 aliphatic heterocycles. The summed E-state index contributed by atoms with van der Waals surface area (Å²) in [6.07, 6.45) is 13.4. The molecular weight excluding hydrogens is 156 g/mol. The smallest absolute Gasteiger partial charge is 0.0281 e. The number of allylic oxidation sites excluding steroid dienone is 8. The Balaban J connectivity index is 2.82. The van der Waals surface area contributed by atoms with Crippen molar-refractivity contribution in [3.63, 3.8) is 0 Å². The molecule has 0 fully saturated rings. The Hall–Kier alpha value is -1.04. The maximum atomic E-state index is 2.23. The van der Waals surface area contributed by atoms with E-state index in [1.165, 1.54) is 29.6 Å². The molecule has 0 aromatic rings. The van der Waals surface area contributed by atoms with Crippen LogP contribution in [0.4, 0.5) is 0 Å². The molecule has 0 aromatic carbocycles. The summed E-state index contributed by atoms with van der Waals surface area (Å²) < 4.78 is 0. The third-order valence-corrected chi connectivity index (χ3v) is 2.36. The van der Waals surface area contributed by atoms with E-state index in [1.54, 1.807) is 0 Å². The standard InChI is InChI=1S/C13H18/c1-4-6-13-8-5-7-11(2)12(3)9-10-13/h5,7-10H,4,6H2,1-3H3. The van der Waals surface area contributed by atoms with Crippen molar-refractivity contribution >= 4 is 0 Å². The Morgan fingerprint density at radius 3 is 2.38 bits per heavy atom. The first-order valence-electron chi connectivity index (χ1n) is 4.97. The molecule has 1 aliphatic carbocycles. The molecule has 1 aliphatic rings. The van der Waals surface area contributed by atoms with Crippen LogP contribution in [0.2, 0.25) is 0 Å². The summed E-state index contributed by atoms with van der Waals surface area (Å²) in [5.74, 6) is 0. The SMILES string of the molecule is CCCC1=CC=CC(C)=C(C)C=C1. The fourth-order valence-electron chi connectivity index (χ4n) is 1.32. The zero-order valence-corrected chi connectivity index (χ0v) is 8.80. The predicted molar refractivity (Wildman–Crippen MR) is 59.6 cm³/mol. The van der Waals surface area contributed by atoms with Crippen LogP contribution in [0.15, 0.2) is 47.1 Å². The third-order valence-electron chi connectivity index (χ3n) is 2.36. The van der Waals surface area contributed by atoms with Gasteiger partial charge in [0.1, 0.15) is 0 Å². The minimum absolute atomic E-state index is 1.17. The second kappa shape index (κ2) is 4.86. The van der Waals surface area contributed by atoms with E-state index in [1.807, 2.05) is 0 Å². The molecule has 0 aromatic heterocycles. The van der Waals surface area contributed by atoms with Gasteiger partial charge >= 0.3 is 0 Å². The molecule has 0 saturated heterocycles. The molecule has 0 radical (unpaired) electrons. The Kier molecular flexibility index (Phi) is 3.75. The van der Waals surface area contributed by atoms with Gasteiger partial charge in [0.05, 0.1) is 0 Å². The van der Waals surface area contributed by atoms with Crippen molar-refractivity contribution in [1.82, 2.24) is 0 Å². The van der Waals surface area contributed by atoms with Crippen molar-refractivity contribution in [2.24, 2.45) is 0 Å². The summed E-state index contributed by atoms with van der Waals surface area (Å²) in [5, 5.41) is 0. The lowest BCUT2D eigenvalue weighted by Gasteiger charge is -2.03. The zero-order valence-electron chi connectivity index (χ0n) is 8.80. The van der Waals surface area contributed by atoms with E-state index in [2.05, 4.69) is 51.2 Å². The average molecular weight is 174 g/mol. The lowest BCUT2D eigenvalue weighted by molar-refractivity contribution is 0.926. The van der Waals surface area contributed by atoms with E-state index >= 15 is 0 Å². The van der Waals surface area contributed by atoms with Gasteiger partial charge in [-0.1, -0.05) is 43.7 Å². The number of hydrogen-bond donors (Lipinski definition) is 0. The van der Waals surface area contributed by atoms with Gasteiger partial charge < -0.3 is 0 Å². The summed E-state index contributed by atoms with van der Waals surface area (Å²) in [6.45, 7) is 6.52. The molecule has 0 bridgehead atoms. The van der Waals surface area contributed by atoms with E-state index in [4.69, 9.17) is 0 Å². The molecule has 0 spiro atoms. The van der Waals surface area contributed by atoms with Crippen LogP contribution in [0.25, 0.3) is 0 Å². The van der Waals surface area contributed by atoms with E-state index in [0.717, 1.165) is 0 Å². The van der Waals surface area contributed by atoms with Gasteiger partial charge in [-0.15, -0.1) is 0 Å². The summed E-state index contributed by atoms with van der Waals surface area (Å²) in [5.41, 5.74) is 4.13. The molecule has 13 heavy (non-hydrogen) atoms. The van der Waals surface area contributed by atoms with Gasteiger partial charge in [0.2, 0.25) is 0 Å². The largest absolute Gasteiger partial charge is 0.0651 e. The fraction of sp³-hybridized carbons (Fsp3) is 0.385. The number of hydrogen-bond acceptors (Lipinski definition) is 0. The highest BCUT2D eigenvalue weighted by Gasteiger charge is 1.94. The molecule has 1 rings (SSSR count). The summed E-state index contributed by atoms with van der Waals surface area (Å²) in [6, 6.07) is 0. The Labute approximate surface area is 81.4 Å². The first-order chi connectivity index (χ1) is 6.24. The highest BCUT2D eigenvalue weighted by Crippen LogP contribution is 2.14. The summed E-state index contributed by atoms with van der Waals surface area (Å²) in [7, 11) is 0. The van der Waals surface area contributed by atoms with Crippen molar-refractivity contribution < 1.29 is 0 Å². The summed E-state index contributed by atoms with van der Waals surface area (Å²) in [4.78, 5) is 0. The minimum atomic E-state index is 1.17. The van der Waals surface area contributed by atoms with E-state index in [-0.39, 0.29) is 0 Å². The summed E-state index contributed by atoms with van der Waals surface area (Å²) >= 11 is 0. The van der Waals surface area contributed by atoms with E-state index in [0.29, 0.717) is 0 Å². The van der Waals surface area contributed by atoms with Gasteiger partial charge in [0, 0.05) is 0 Å².